The number of anilines is 1. The second-order valence-corrected chi connectivity index (χ2v) is 6.18. The summed E-state index contributed by atoms with van der Waals surface area (Å²) in [5.41, 5.74) is 1.58. The van der Waals surface area contributed by atoms with Gasteiger partial charge in [-0.25, -0.2) is 0 Å². The summed E-state index contributed by atoms with van der Waals surface area (Å²) in [5, 5.41) is 5.35. The highest BCUT2D eigenvalue weighted by atomic mass is 16.5. The normalized spacial score (nSPS) is 10.3. The largest absolute Gasteiger partial charge is 0.493 e. The van der Waals surface area contributed by atoms with Crippen molar-refractivity contribution in [3.05, 3.63) is 53.6 Å². The third kappa shape index (κ3) is 4.99. The Morgan fingerprint density at radius 1 is 0.962 bits per heavy atom. The Kier molecular flexibility index (Phi) is 6.60. The van der Waals surface area contributed by atoms with Crippen LogP contribution in [0.2, 0.25) is 0 Å². The van der Waals surface area contributed by atoms with Crippen LogP contribution in [0.5, 0.6) is 11.5 Å². The van der Waals surface area contributed by atoms with Gasteiger partial charge in [0.1, 0.15) is 0 Å². The van der Waals surface area contributed by atoms with Gasteiger partial charge in [0, 0.05) is 23.9 Å². The zero-order chi connectivity index (χ0) is 19.1. The Morgan fingerprint density at radius 2 is 1.62 bits per heavy atom. The highest BCUT2D eigenvalue weighted by Crippen LogP contribution is 2.28. The van der Waals surface area contributed by atoms with E-state index in [2.05, 4.69) is 24.5 Å². The average Bonchev–Trinajstić information content (AvgIpc) is 2.66. The zero-order valence-corrected chi connectivity index (χ0v) is 15.5. The molecule has 0 aliphatic heterocycles. The van der Waals surface area contributed by atoms with Crippen molar-refractivity contribution < 1.29 is 19.1 Å². The summed E-state index contributed by atoms with van der Waals surface area (Å²) >= 11 is 0. The summed E-state index contributed by atoms with van der Waals surface area (Å²) in [5.74, 6) is 1.05. The molecule has 0 aliphatic rings. The fraction of sp³-hybridized carbons (Fsp3) is 0.300. The molecule has 2 N–H and O–H groups in total. The quantitative estimate of drug-likeness (QED) is 0.798. The molecular formula is C20H24N2O4. The first-order chi connectivity index (χ1) is 12.4. The van der Waals surface area contributed by atoms with Crippen molar-refractivity contribution in [3.63, 3.8) is 0 Å². The molecule has 0 aliphatic carbocycles. The fourth-order valence-corrected chi connectivity index (χ4v) is 2.24. The van der Waals surface area contributed by atoms with Crippen LogP contribution in [-0.4, -0.2) is 32.6 Å². The maximum atomic E-state index is 12.4. The number of methoxy groups -OCH3 is 1. The Bertz CT molecular complexity index is 770. The van der Waals surface area contributed by atoms with E-state index in [9.17, 15) is 9.59 Å². The minimum Gasteiger partial charge on any atom is -0.493 e. The fourth-order valence-electron chi connectivity index (χ4n) is 2.24. The van der Waals surface area contributed by atoms with Crippen LogP contribution in [0.4, 0.5) is 5.69 Å². The van der Waals surface area contributed by atoms with Gasteiger partial charge in [-0.3, -0.25) is 9.59 Å². The maximum absolute atomic E-state index is 12.4. The second kappa shape index (κ2) is 8.89. The lowest BCUT2D eigenvalue weighted by molar-refractivity contribution is 0.0962. The maximum Gasteiger partial charge on any atom is 0.255 e. The first-order valence-corrected chi connectivity index (χ1v) is 8.39. The SMILES string of the molecule is CNC(=O)c1ccc(NC(=O)c2ccc(OCC(C)C)c(OC)c2)cc1. The molecule has 6 nitrogen and oxygen atoms in total. The van der Waals surface area contributed by atoms with Gasteiger partial charge in [0.25, 0.3) is 11.8 Å². The third-order valence-electron chi connectivity index (χ3n) is 3.63. The van der Waals surface area contributed by atoms with Gasteiger partial charge in [-0.2, -0.15) is 0 Å². The van der Waals surface area contributed by atoms with Gasteiger partial charge in [-0.15, -0.1) is 0 Å². The van der Waals surface area contributed by atoms with Crippen molar-refractivity contribution in [1.82, 2.24) is 5.32 Å². The first-order valence-electron chi connectivity index (χ1n) is 8.39. The summed E-state index contributed by atoms with van der Waals surface area (Å²) in [6.45, 7) is 4.69. The van der Waals surface area contributed by atoms with E-state index < -0.39 is 0 Å². The number of amides is 2. The molecule has 0 spiro atoms. The molecule has 6 heteroatoms. The summed E-state index contributed by atoms with van der Waals surface area (Å²) in [4.78, 5) is 24.0. The topological polar surface area (TPSA) is 76.7 Å². The molecular weight excluding hydrogens is 332 g/mol. The van der Waals surface area contributed by atoms with Crippen LogP contribution in [0.25, 0.3) is 0 Å². The monoisotopic (exact) mass is 356 g/mol. The molecule has 0 fully saturated rings. The van der Waals surface area contributed by atoms with Crippen molar-refractivity contribution in [2.45, 2.75) is 13.8 Å². The van der Waals surface area contributed by atoms with Gasteiger partial charge in [0.05, 0.1) is 13.7 Å². The summed E-state index contributed by atoms with van der Waals surface area (Å²) in [7, 11) is 3.11. The second-order valence-electron chi connectivity index (χ2n) is 6.18. The Morgan fingerprint density at radius 3 is 2.19 bits per heavy atom. The minimum atomic E-state index is -0.272. The van der Waals surface area contributed by atoms with Crippen molar-refractivity contribution in [2.75, 3.05) is 26.1 Å². The molecule has 0 unspecified atom stereocenters. The van der Waals surface area contributed by atoms with Gasteiger partial charge >= 0.3 is 0 Å². The van der Waals surface area contributed by atoms with Crippen LogP contribution >= 0.6 is 0 Å². The third-order valence-corrected chi connectivity index (χ3v) is 3.63. The Labute approximate surface area is 153 Å². The molecule has 0 atom stereocenters. The van der Waals surface area contributed by atoms with E-state index in [-0.39, 0.29) is 11.8 Å². The van der Waals surface area contributed by atoms with Crippen LogP contribution in [0, 0.1) is 5.92 Å². The number of ether oxygens (including phenoxy) is 2. The molecule has 0 heterocycles. The van der Waals surface area contributed by atoms with Crippen LogP contribution in [0.15, 0.2) is 42.5 Å². The predicted molar refractivity (Wildman–Crippen MR) is 101 cm³/mol. The van der Waals surface area contributed by atoms with E-state index >= 15 is 0 Å². The lowest BCUT2D eigenvalue weighted by Crippen LogP contribution is -2.18. The number of nitrogens with one attached hydrogen (secondary N) is 2. The number of hydrogen-bond donors (Lipinski definition) is 2. The molecule has 2 amide bonds. The number of carbonyl (C=O) groups excluding carboxylic acids is 2. The van der Waals surface area contributed by atoms with Crippen molar-refractivity contribution in [1.29, 1.82) is 0 Å². The van der Waals surface area contributed by atoms with E-state index in [0.717, 1.165) is 0 Å². The van der Waals surface area contributed by atoms with Crippen LogP contribution in [0.3, 0.4) is 0 Å². The van der Waals surface area contributed by atoms with Gasteiger partial charge in [-0.1, -0.05) is 13.8 Å². The molecule has 0 bridgehead atoms. The Balaban J connectivity index is 2.10. The summed E-state index contributed by atoms with van der Waals surface area (Å²) in [6, 6.07) is 11.7. The molecule has 0 saturated heterocycles. The van der Waals surface area contributed by atoms with E-state index in [0.29, 0.717) is 40.8 Å². The standard InChI is InChI=1S/C20H24N2O4/c1-13(2)12-26-17-10-7-15(11-18(17)25-4)20(24)22-16-8-5-14(6-9-16)19(23)21-3/h5-11,13H,12H2,1-4H3,(H,21,23)(H,22,24). The number of hydrogen-bond acceptors (Lipinski definition) is 4. The molecule has 138 valence electrons. The summed E-state index contributed by atoms with van der Waals surface area (Å²) in [6.07, 6.45) is 0. The van der Waals surface area contributed by atoms with E-state index in [1.54, 1.807) is 49.5 Å². The van der Waals surface area contributed by atoms with Gasteiger partial charge in [-0.05, 0) is 48.4 Å². The lowest BCUT2D eigenvalue weighted by Gasteiger charge is -2.13. The smallest absolute Gasteiger partial charge is 0.255 e. The first kappa shape index (κ1) is 19.3. The van der Waals surface area contributed by atoms with E-state index in [4.69, 9.17) is 9.47 Å². The zero-order valence-electron chi connectivity index (χ0n) is 15.5. The average molecular weight is 356 g/mol. The molecule has 2 rings (SSSR count). The van der Waals surface area contributed by atoms with Crippen LogP contribution < -0.4 is 20.1 Å². The van der Waals surface area contributed by atoms with Crippen molar-refractivity contribution in [2.24, 2.45) is 5.92 Å². The van der Waals surface area contributed by atoms with Crippen LogP contribution in [-0.2, 0) is 0 Å². The Hall–Kier alpha value is -3.02. The van der Waals surface area contributed by atoms with E-state index in [1.807, 2.05) is 0 Å². The highest BCUT2D eigenvalue weighted by Gasteiger charge is 2.12. The molecule has 26 heavy (non-hydrogen) atoms. The molecule has 0 saturated carbocycles. The van der Waals surface area contributed by atoms with Crippen molar-refractivity contribution in [3.8, 4) is 11.5 Å². The molecule has 0 aromatic heterocycles. The number of benzene rings is 2. The minimum absolute atomic E-state index is 0.176. The number of carbonyl (C=O) groups is 2. The molecule has 2 aromatic rings. The van der Waals surface area contributed by atoms with Crippen molar-refractivity contribution >= 4 is 17.5 Å². The molecule has 2 aromatic carbocycles. The predicted octanol–water partition coefficient (Wildman–Crippen LogP) is 3.34. The lowest BCUT2D eigenvalue weighted by atomic mass is 10.1. The highest BCUT2D eigenvalue weighted by molar-refractivity contribution is 6.05. The van der Waals surface area contributed by atoms with Gasteiger partial charge < -0.3 is 20.1 Å². The van der Waals surface area contributed by atoms with Crippen LogP contribution in [0.1, 0.15) is 34.6 Å². The van der Waals surface area contributed by atoms with Gasteiger partial charge in [0.2, 0.25) is 0 Å². The molecule has 0 radical (unpaired) electrons. The summed E-state index contributed by atoms with van der Waals surface area (Å²) < 4.78 is 11.0. The van der Waals surface area contributed by atoms with E-state index in [1.165, 1.54) is 7.11 Å². The number of rotatable bonds is 7. The van der Waals surface area contributed by atoms with Gasteiger partial charge in [0.15, 0.2) is 11.5 Å².